The van der Waals surface area contributed by atoms with E-state index in [9.17, 15) is 0 Å². The molecule has 2 N–H and O–H groups in total. The van der Waals surface area contributed by atoms with Gasteiger partial charge in [-0.2, -0.15) is 0 Å². The molecular formula is C12H18N2. The van der Waals surface area contributed by atoms with E-state index in [-0.39, 0.29) is 0 Å². The Bertz CT molecular complexity index is 320. The van der Waals surface area contributed by atoms with Crippen molar-refractivity contribution < 1.29 is 0 Å². The molecule has 0 atom stereocenters. The van der Waals surface area contributed by atoms with Gasteiger partial charge in [0.25, 0.3) is 0 Å². The summed E-state index contributed by atoms with van der Waals surface area (Å²) in [5.41, 5.74) is 10.0. The van der Waals surface area contributed by atoms with Gasteiger partial charge in [-0.15, -0.1) is 0 Å². The Hall–Kier alpha value is -0.860. The Morgan fingerprint density at radius 2 is 2.29 bits per heavy atom. The third-order valence-corrected chi connectivity index (χ3v) is 3.11. The summed E-state index contributed by atoms with van der Waals surface area (Å²) in [4.78, 5) is 2.47. The van der Waals surface area contributed by atoms with E-state index < -0.39 is 0 Å². The zero-order valence-electron chi connectivity index (χ0n) is 8.79. The highest BCUT2D eigenvalue weighted by molar-refractivity contribution is 5.36. The molecule has 1 aliphatic rings. The summed E-state index contributed by atoms with van der Waals surface area (Å²) in [6, 6.07) is 6.51. The molecule has 1 heterocycles. The van der Waals surface area contributed by atoms with Crippen molar-refractivity contribution in [3.05, 3.63) is 34.9 Å². The van der Waals surface area contributed by atoms with Crippen LogP contribution in [0.3, 0.4) is 0 Å². The minimum Gasteiger partial charge on any atom is -0.326 e. The third kappa shape index (κ3) is 1.68. The number of nitrogens with two attached hydrogens (primary N) is 1. The number of nitrogens with zero attached hydrogens (tertiary/aromatic N) is 1. The molecule has 14 heavy (non-hydrogen) atoms. The fraction of sp³-hybridized carbons (Fsp3) is 0.500. The van der Waals surface area contributed by atoms with Crippen molar-refractivity contribution >= 4 is 0 Å². The normalized spacial score (nSPS) is 16.7. The second-order valence-electron chi connectivity index (χ2n) is 3.88. The quantitative estimate of drug-likeness (QED) is 0.766. The Morgan fingerprint density at radius 3 is 3.00 bits per heavy atom. The van der Waals surface area contributed by atoms with Crippen LogP contribution < -0.4 is 5.73 Å². The van der Waals surface area contributed by atoms with Gasteiger partial charge in [0.05, 0.1) is 0 Å². The van der Waals surface area contributed by atoms with Gasteiger partial charge in [0.2, 0.25) is 0 Å². The maximum Gasteiger partial charge on any atom is 0.0236 e. The average Bonchev–Trinajstić information content (AvgIpc) is 2.27. The maximum atomic E-state index is 5.73. The molecule has 2 nitrogen and oxygen atoms in total. The van der Waals surface area contributed by atoms with Crippen LogP contribution in [0.25, 0.3) is 0 Å². The number of benzene rings is 1. The van der Waals surface area contributed by atoms with Crippen molar-refractivity contribution in [2.24, 2.45) is 5.73 Å². The van der Waals surface area contributed by atoms with Gasteiger partial charge in [0.15, 0.2) is 0 Å². The van der Waals surface area contributed by atoms with E-state index in [1.165, 1.54) is 23.2 Å². The van der Waals surface area contributed by atoms with Crippen molar-refractivity contribution in [1.29, 1.82) is 0 Å². The van der Waals surface area contributed by atoms with Crippen LogP contribution in [-0.2, 0) is 19.5 Å². The Kier molecular flexibility index (Phi) is 2.85. The lowest BCUT2D eigenvalue weighted by atomic mass is 9.94. The molecule has 0 saturated carbocycles. The molecule has 0 amide bonds. The predicted octanol–water partition coefficient (Wildman–Crippen LogP) is 1.52. The van der Waals surface area contributed by atoms with E-state index >= 15 is 0 Å². The summed E-state index contributed by atoms with van der Waals surface area (Å²) in [5, 5.41) is 0. The molecule has 0 fully saturated rings. The fourth-order valence-corrected chi connectivity index (χ4v) is 2.21. The van der Waals surface area contributed by atoms with E-state index in [1.54, 1.807) is 0 Å². The minimum absolute atomic E-state index is 0.676. The smallest absolute Gasteiger partial charge is 0.0236 e. The average molecular weight is 190 g/mol. The number of fused-ring (bicyclic) bond motifs is 1. The van der Waals surface area contributed by atoms with Crippen LogP contribution in [0.1, 0.15) is 23.6 Å². The molecule has 0 aromatic heterocycles. The minimum atomic E-state index is 0.676. The molecule has 2 rings (SSSR count). The maximum absolute atomic E-state index is 5.73. The second kappa shape index (κ2) is 4.11. The molecule has 2 heteroatoms. The lowest BCUT2D eigenvalue weighted by Crippen LogP contribution is -2.31. The van der Waals surface area contributed by atoms with E-state index in [2.05, 4.69) is 30.0 Å². The molecule has 0 saturated heterocycles. The van der Waals surface area contributed by atoms with E-state index in [1.807, 2.05) is 0 Å². The van der Waals surface area contributed by atoms with Crippen LogP contribution in [0, 0.1) is 0 Å². The SMILES string of the molecule is CCN1CCc2c(CN)cccc2C1. The van der Waals surface area contributed by atoms with E-state index in [0.29, 0.717) is 6.54 Å². The molecule has 1 aromatic rings. The van der Waals surface area contributed by atoms with Crippen LogP contribution >= 0.6 is 0 Å². The van der Waals surface area contributed by atoms with Crippen LogP contribution in [-0.4, -0.2) is 18.0 Å². The van der Waals surface area contributed by atoms with E-state index in [0.717, 1.165) is 19.5 Å². The van der Waals surface area contributed by atoms with E-state index in [4.69, 9.17) is 5.73 Å². The van der Waals surface area contributed by atoms with Crippen LogP contribution in [0.4, 0.5) is 0 Å². The van der Waals surface area contributed by atoms with Gasteiger partial charge in [0, 0.05) is 19.6 Å². The number of hydrogen-bond donors (Lipinski definition) is 1. The first-order chi connectivity index (χ1) is 6.85. The van der Waals surface area contributed by atoms with Crippen molar-refractivity contribution in [3.8, 4) is 0 Å². The molecule has 76 valence electrons. The highest BCUT2D eigenvalue weighted by Crippen LogP contribution is 2.21. The first kappa shape index (κ1) is 9.69. The second-order valence-corrected chi connectivity index (χ2v) is 3.88. The summed E-state index contributed by atoms with van der Waals surface area (Å²) >= 11 is 0. The monoisotopic (exact) mass is 190 g/mol. The Balaban J connectivity index is 2.30. The van der Waals surface area contributed by atoms with Gasteiger partial charge < -0.3 is 5.73 Å². The molecule has 1 aromatic carbocycles. The Labute approximate surface area is 85.7 Å². The first-order valence-corrected chi connectivity index (χ1v) is 5.37. The molecule has 0 radical (unpaired) electrons. The third-order valence-electron chi connectivity index (χ3n) is 3.11. The molecule has 1 aliphatic heterocycles. The summed E-state index contributed by atoms with van der Waals surface area (Å²) in [6.45, 7) is 6.32. The highest BCUT2D eigenvalue weighted by atomic mass is 15.1. The zero-order chi connectivity index (χ0) is 9.97. The van der Waals surface area contributed by atoms with Gasteiger partial charge in [-0.25, -0.2) is 0 Å². The molecule has 0 spiro atoms. The van der Waals surface area contributed by atoms with Gasteiger partial charge in [-0.3, -0.25) is 4.90 Å². The van der Waals surface area contributed by atoms with Crippen molar-refractivity contribution in [3.63, 3.8) is 0 Å². The first-order valence-electron chi connectivity index (χ1n) is 5.37. The van der Waals surface area contributed by atoms with Crippen molar-refractivity contribution in [2.45, 2.75) is 26.4 Å². The van der Waals surface area contributed by atoms with Gasteiger partial charge in [0.1, 0.15) is 0 Å². The predicted molar refractivity (Wildman–Crippen MR) is 59.0 cm³/mol. The summed E-state index contributed by atoms with van der Waals surface area (Å²) in [7, 11) is 0. The number of rotatable bonds is 2. The highest BCUT2D eigenvalue weighted by Gasteiger charge is 2.16. The van der Waals surface area contributed by atoms with Crippen LogP contribution in [0.15, 0.2) is 18.2 Å². The summed E-state index contributed by atoms with van der Waals surface area (Å²) < 4.78 is 0. The largest absolute Gasteiger partial charge is 0.326 e. The van der Waals surface area contributed by atoms with Gasteiger partial charge in [-0.1, -0.05) is 25.1 Å². The molecule has 0 bridgehead atoms. The van der Waals surface area contributed by atoms with Crippen LogP contribution in [0.2, 0.25) is 0 Å². The summed E-state index contributed by atoms with van der Waals surface area (Å²) in [6.07, 6.45) is 1.16. The fourth-order valence-electron chi connectivity index (χ4n) is 2.21. The zero-order valence-corrected chi connectivity index (χ0v) is 8.79. The van der Waals surface area contributed by atoms with Crippen molar-refractivity contribution in [1.82, 2.24) is 4.90 Å². The van der Waals surface area contributed by atoms with Crippen LogP contribution in [0.5, 0.6) is 0 Å². The number of likely N-dealkylation sites (N-methyl/N-ethyl adjacent to an activating group) is 1. The summed E-state index contributed by atoms with van der Waals surface area (Å²) in [5.74, 6) is 0. The molecular weight excluding hydrogens is 172 g/mol. The molecule has 0 unspecified atom stereocenters. The molecule has 0 aliphatic carbocycles. The topological polar surface area (TPSA) is 29.3 Å². The number of hydrogen-bond acceptors (Lipinski definition) is 2. The lowest BCUT2D eigenvalue weighted by molar-refractivity contribution is 0.267. The standard InChI is InChI=1S/C12H18N2/c1-2-14-7-6-12-10(8-13)4-3-5-11(12)9-14/h3-5H,2,6-9,13H2,1H3. The van der Waals surface area contributed by atoms with Gasteiger partial charge in [-0.05, 0) is 29.7 Å². The van der Waals surface area contributed by atoms with Crippen molar-refractivity contribution in [2.75, 3.05) is 13.1 Å². The lowest BCUT2D eigenvalue weighted by Gasteiger charge is -2.28. The van der Waals surface area contributed by atoms with Gasteiger partial charge >= 0.3 is 0 Å². The Morgan fingerprint density at radius 1 is 1.43 bits per heavy atom.